The van der Waals surface area contributed by atoms with Crippen LogP contribution in [0.3, 0.4) is 0 Å². The third-order valence-corrected chi connectivity index (χ3v) is 6.38. The standard InChI is InChI=1S/C18H13BrClN3O3S/c19-12-6-4-11(5-7-12)18(24)21-17-15-9-27(25,26)10-16(15)22-23(17)14-3-1-2-13(20)8-14/h1-8H,9-10H2,(H,21,24). The molecule has 6 nitrogen and oxygen atoms in total. The fourth-order valence-electron chi connectivity index (χ4n) is 2.95. The van der Waals surface area contributed by atoms with Gasteiger partial charge in [0, 0.05) is 20.6 Å². The van der Waals surface area contributed by atoms with E-state index in [2.05, 4.69) is 26.3 Å². The highest BCUT2D eigenvalue weighted by Crippen LogP contribution is 2.33. The van der Waals surface area contributed by atoms with E-state index >= 15 is 0 Å². The van der Waals surface area contributed by atoms with Crippen LogP contribution in [0.5, 0.6) is 0 Å². The van der Waals surface area contributed by atoms with Gasteiger partial charge in [0.05, 0.1) is 22.9 Å². The Labute approximate surface area is 169 Å². The van der Waals surface area contributed by atoms with Crippen molar-refractivity contribution in [1.82, 2.24) is 9.78 Å². The molecule has 1 aliphatic rings. The fourth-order valence-corrected chi connectivity index (χ4v) is 4.89. The maximum Gasteiger partial charge on any atom is 0.256 e. The van der Waals surface area contributed by atoms with Gasteiger partial charge >= 0.3 is 0 Å². The second kappa shape index (κ2) is 6.78. The van der Waals surface area contributed by atoms with Crippen LogP contribution in [0.25, 0.3) is 5.69 Å². The third kappa shape index (κ3) is 3.65. The summed E-state index contributed by atoms with van der Waals surface area (Å²) in [4.78, 5) is 12.7. The molecule has 0 fully saturated rings. The topological polar surface area (TPSA) is 81.1 Å². The minimum absolute atomic E-state index is 0.142. The molecule has 138 valence electrons. The number of rotatable bonds is 3. The zero-order valence-electron chi connectivity index (χ0n) is 13.8. The summed E-state index contributed by atoms with van der Waals surface area (Å²) in [6.07, 6.45) is 0. The van der Waals surface area contributed by atoms with Crippen molar-refractivity contribution in [3.63, 3.8) is 0 Å². The fraction of sp³-hybridized carbons (Fsp3) is 0.111. The lowest BCUT2D eigenvalue weighted by Crippen LogP contribution is -2.17. The van der Waals surface area contributed by atoms with Gasteiger partial charge in [-0.25, -0.2) is 13.1 Å². The van der Waals surface area contributed by atoms with E-state index in [1.165, 1.54) is 4.68 Å². The molecule has 1 aromatic heterocycles. The predicted octanol–water partition coefficient (Wildman–Crippen LogP) is 3.97. The normalized spacial score (nSPS) is 14.7. The molecule has 0 aliphatic carbocycles. The Bertz CT molecular complexity index is 1160. The van der Waals surface area contributed by atoms with E-state index in [1.807, 2.05) is 0 Å². The maximum absolute atomic E-state index is 12.7. The van der Waals surface area contributed by atoms with E-state index < -0.39 is 9.84 Å². The predicted molar refractivity (Wildman–Crippen MR) is 107 cm³/mol. The smallest absolute Gasteiger partial charge is 0.256 e. The van der Waals surface area contributed by atoms with Gasteiger partial charge in [-0.05, 0) is 42.5 Å². The van der Waals surface area contributed by atoms with Crippen molar-refractivity contribution in [3.8, 4) is 5.69 Å². The molecular formula is C18H13BrClN3O3S. The van der Waals surface area contributed by atoms with Crippen LogP contribution in [-0.4, -0.2) is 24.1 Å². The van der Waals surface area contributed by atoms with Crippen molar-refractivity contribution in [2.45, 2.75) is 11.5 Å². The monoisotopic (exact) mass is 465 g/mol. The van der Waals surface area contributed by atoms with E-state index in [0.29, 0.717) is 33.3 Å². The average molecular weight is 467 g/mol. The number of nitrogens with zero attached hydrogens (tertiary/aromatic N) is 2. The quantitative estimate of drug-likeness (QED) is 0.633. The maximum atomic E-state index is 12.7. The highest BCUT2D eigenvalue weighted by Gasteiger charge is 2.33. The van der Waals surface area contributed by atoms with Crippen LogP contribution >= 0.6 is 27.5 Å². The van der Waals surface area contributed by atoms with Crippen molar-refractivity contribution >= 4 is 49.1 Å². The SMILES string of the molecule is O=C(Nc1c2c(nn1-c1cccc(Cl)c1)CS(=O)(=O)C2)c1ccc(Br)cc1. The van der Waals surface area contributed by atoms with E-state index in [4.69, 9.17) is 11.6 Å². The molecule has 9 heteroatoms. The molecule has 1 N–H and O–H groups in total. The summed E-state index contributed by atoms with van der Waals surface area (Å²) in [6, 6.07) is 13.9. The van der Waals surface area contributed by atoms with Crippen molar-refractivity contribution in [2.75, 3.05) is 5.32 Å². The number of sulfone groups is 1. The molecule has 4 rings (SSSR count). The lowest BCUT2D eigenvalue weighted by Gasteiger charge is -2.11. The average Bonchev–Trinajstić information content (AvgIpc) is 3.08. The van der Waals surface area contributed by atoms with E-state index in [9.17, 15) is 13.2 Å². The van der Waals surface area contributed by atoms with Crippen LogP contribution in [0.2, 0.25) is 5.02 Å². The molecule has 0 saturated carbocycles. The first-order chi connectivity index (χ1) is 12.8. The number of amides is 1. The molecule has 2 aromatic carbocycles. The minimum Gasteiger partial charge on any atom is -0.306 e. The lowest BCUT2D eigenvalue weighted by molar-refractivity contribution is 0.102. The van der Waals surface area contributed by atoms with Gasteiger partial charge in [0.2, 0.25) is 0 Å². The number of benzene rings is 2. The highest BCUT2D eigenvalue weighted by atomic mass is 79.9. The molecule has 0 saturated heterocycles. The zero-order chi connectivity index (χ0) is 19.2. The van der Waals surface area contributed by atoms with E-state index in [0.717, 1.165) is 4.47 Å². The molecule has 2 heterocycles. The number of anilines is 1. The summed E-state index contributed by atoms with van der Waals surface area (Å²) < 4.78 is 26.4. The first kappa shape index (κ1) is 18.2. The first-order valence-electron chi connectivity index (χ1n) is 7.96. The molecule has 3 aromatic rings. The Hall–Kier alpha value is -2.16. The van der Waals surface area contributed by atoms with Gasteiger partial charge in [-0.1, -0.05) is 33.6 Å². The summed E-state index contributed by atoms with van der Waals surface area (Å²) in [5, 5.41) is 7.75. The number of hydrogen-bond acceptors (Lipinski definition) is 4. The second-order valence-electron chi connectivity index (χ2n) is 6.16. The van der Waals surface area contributed by atoms with E-state index in [1.54, 1.807) is 48.5 Å². The Kier molecular flexibility index (Phi) is 4.57. The van der Waals surface area contributed by atoms with Gasteiger partial charge in [0.1, 0.15) is 5.82 Å². The molecular weight excluding hydrogens is 454 g/mol. The molecule has 1 aliphatic heterocycles. The molecule has 0 spiro atoms. The summed E-state index contributed by atoms with van der Waals surface area (Å²) in [6.45, 7) is 0. The van der Waals surface area contributed by atoms with Crippen LogP contribution in [0, 0.1) is 0 Å². The number of aromatic nitrogens is 2. The molecule has 0 radical (unpaired) electrons. The molecule has 27 heavy (non-hydrogen) atoms. The third-order valence-electron chi connectivity index (χ3n) is 4.18. The van der Waals surface area contributed by atoms with Crippen LogP contribution in [0.4, 0.5) is 5.82 Å². The summed E-state index contributed by atoms with van der Waals surface area (Å²) in [7, 11) is -3.26. The van der Waals surface area contributed by atoms with Crippen LogP contribution < -0.4 is 5.32 Å². The van der Waals surface area contributed by atoms with Gasteiger partial charge < -0.3 is 5.32 Å². The Morgan fingerprint density at radius 2 is 1.89 bits per heavy atom. The zero-order valence-corrected chi connectivity index (χ0v) is 17.0. The lowest BCUT2D eigenvalue weighted by atomic mass is 10.2. The van der Waals surface area contributed by atoms with Crippen molar-refractivity contribution in [2.24, 2.45) is 0 Å². The summed E-state index contributed by atoms with van der Waals surface area (Å²) >= 11 is 9.41. The van der Waals surface area contributed by atoms with Crippen LogP contribution in [-0.2, 0) is 21.3 Å². The summed E-state index contributed by atoms with van der Waals surface area (Å²) in [5.74, 6) is -0.297. The van der Waals surface area contributed by atoms with Gasteiger partial charge in [-0.2, -0.15) is 5.10 Å². The number of halogens is 2. The number of carbonyl (C=O) groups is 1. The molecule has 0 bridgehead atoms. The van der Waals surface area contributed by atoms with Gasteiger partial charge in [-0.3, -0.25) is 4.79 Å². The number of fused-ring (bicyclic) bond motifs is 1. The summed E-state index contributed by atoms with van der Waals surface area (Å²) in [5.41, 5.74) is 2.05. The first-order valence-corrected chi connectivity index (χ1v) is 11.0. The van der Waals surface area contributed by atoms with E-state index in [-0.39, 0.29) is 17.4 Å². The van der Waals surface area contributed by atoms with Gasteiger partial charge in [-0.15, -0.1) is 0 Å². The second-order valence-corrected chi connectivity index (χ2v) is 9.58. The Balaban J connectivity index is 1.78. The van der Waals surface area contributed by atoms with Crippen LogP contribution in [0.15, 0.2) is 53.0 Å². The van der Waals surface area contributed by atoms with Crippen LogP contribution in [0.1, 0.15) is 21.6 Å². The number of carbonyl (C=O) groups excluding carboxylic acids is 1. The Morgan fingerprint density at radius 1 is 1.15 bits per heavy atom. The molecule has 0 atom stereocenters. The molecule has 1 amide bonds. The highest BCUT2D eigenvalue weighted by molar-refractivity contribution is 9.10. The molecule has 0 unspecified atom stereocenters. The van der Waals surface area contributed by atoms with Gasteiger partial charge in [0.25, 0.3) is 5.91 Å². The van der Waals surface area contributed by atoms with Crippen molar-refractivity contribution in [1.29, 1.82) is 0 Å². The largest absolute Gasteiger partial charge is 0.306 e. The van der Waals surface area contributed by atoms with Gasteiger partial charge in [0.15, 0.2) is 9.84 Å². The minimum atomic E-state index is -3.26. The number of hydrogen-bond donors (Lipinski definition) is 1. The Morgan fingerprint density at radius 3 is 2.59 bits per heavy atom. The number of nitrogens with one attached hydrogen (secondary N) is 1. The van der Waals surface area contributed by atoms with Crippen molar-refractivity contribution in [3.05, 3.63) is 74.8 Å². The van der Waals surface area contributed by atoms with Crippen molar-refractivity contribution < 1.29 is 13.2 Å².